The van der Waals surface area contributed by atoms with Crippen molar-refractivity contribution in [1.82, 2.24) is 4.90 Å². The number of carboxylic acid groups (broad SMARTS) is 1. The summed E-state index contributed by atoms with van der Waals surface area (Å²) in [5, 5.41) is 14.3. The van der Waals surface area contributed by atoms with Crippen molar-refractivity contribution >= 4 is 51.7 Å². The van der Waals surface area contributed by atoms with Crippen LogP contribution in [-0.4, -0.2) is 70.1 Å². The van der Waals surface area contributed by atoms with Gasteiger partial charge in [0, 0.05) is 18.0 Å². The van der Waals surface area contributed by atoms with E-state index in [1.54, 1.807) is 57.0 Å². The van der Waals surface area contributed by atoms with E-state index in [1.807, 2.05) is 18.3 Å². The molecule has 1 heterocycles. The van der Waals surface area contributed by atoms with Gasteiger partial charge in [0.25, 0.3) is 14.2 Å². The molecule has 0 aromatic heterocycles. The van der Waals surface area contributed by atoms with Crippen molar-refractivity contribution in [3.05, 3.63) is 53.7 Å². The molecule has 0 aliphatic carbocycles. The highest BCUT2D eigenvalue weighted by molar-refractivity contribution is 6.78. The largest absolute Gasteiger partial charge is 0.540 e. The maximum absolute atomic E-state index is 14.9. The van der Waals surface area contributed by atoms with E-state index < -0.39 is 34.4 Å². The van der Waals surface area contributed by atoms with Gasteiger partial charge in [0.05, 0.1) is 31.0 Å². The fourth-order valence-electron chi connectivity index (χ4n) is 6.82. The molecule has 2 aromatic rings. The molecule has 1 atom stereocenters. The van der Waals surface area contributed by atoms with Gasteiger partial charge in [-0.1, -0.05) is 74.4 Å². The molecular weight excluding hydrogens is 707 g/mol. The number of carbonyl (C=O) groups excluding carboxylic acids is 2. The fourth-order valence-corrected chi connectivity index (χ4v) is 13.1. The minimum absolute atomic E-state index is 0.0438. The van der Waals surface area contributed by atoms with Crippen LogP contribution < -0.4 is 19.8 Å². The Kier molecular flexibility index (Phi) is 13.7. The zero-order valence-electron chi connectivity index (χ0n) is 34.5. The Bertz CT molecular complexity index is 1640. The van der Waals surface area contributed by atoms with Crippen LogP contribution in [0.5, 0.6) is 11.5 Å². The Balaban J connectivity index is 2.21. The summed E-state index contributed by atoms with van der Waals surface area (Å²) in [4.78, 5) is 41.1. The molecule has 1 aliphatic rings. The highest BCUT2D eigenvalue weighted by atomic mass is 28.4. The van der Waals surface area contributed by atoms with Crippen molar-refractivity contribution in [2.24, 2.45) is 0 Å². The molecule has 0 radical (unpaired) electrons. The van der Waals surface area contributed by atoms with Crippen LogP contribution in [0.25, 0.3) is 5.57 Å². The number of carbonyl (C=O) groups is 3. The quantitative estimate of drug-likeness (QED) is 0.171. The monoisotopic (exact) mass is 769 g/mol. The molecule has 0 bridgehead atoms. The first kappa shape index (κ1) is 43.6. The van der Waals surface area contributed by atoms with Gasteiger partial charge < -0.3 is 28.3 Å². The molecule has 0 saturated carbocycles. The average molecular weight is 770 g/mol. The molecule has 53 heavy (non-hydrogen) atoms. The van der Waals surface area contributed by atoms with Gasteiger partial charge in [-0.2, -0.15) is 0 Å². The zero-order chi connectivity index (χ0) is 40.3. The van der Waals surface area contributed by atoms with Gasteiger partial charge in [0.2, 0.25) is 0 Å². The second-order valence-electron chi connectivity index (χ2n) is 17.4. The lowest BCUT2D eigenvalue weighted by atomic mass is 10.0. The van der Waals surface area contributed by atoms with E-state index in [-0.39, 0.29) is 44.9 Å². The van der Waals surface area contributed by atoms with Gasteiger partial charge in [0.1, 0.15) is 11.4 Å². The molecule has 3 amide bonds. The number of hydrogen-bond donors (Lipinski definition) is 3. The first-order valence-electron chi connectivity index (χ1n) is 18.5. The minimum Gasteiger partial charge on any atom is -0.540 e. The molecule has 1 aliphatic heterocycles. The van der Waals surface area contributed by atoms with E-state index in [0.717, 1.165) is 11.1 Å². The highest BCUT2D eigenvalue weighted by Crippen LogP contribution is 2.46. The van der Waals surface area contributed by atoms with Crippen LogP contribution in [0.1, 0.15) is 105 Å². The number of amides is 3. The van der Waals surface area contributed by atoms with Gasteiger partial charge in [-0.15, -0.1) is 0 Å². The number of rotatable bonds is 13. The van der Waals surface area contributed by atoms with Crippen LogP contribution in [0.2, 0.25) is 34.8 Å². The van der Waals surface area contributed by atoms with E-state index in [9.17, 15) is 14.4 Å². The second kappa shape index (κ2) is 16.7. The molecule has 0 fully saturated rings. The minimum atomic E-state index is -2.48. The normalized spacial score (nSPS) is 15.5. The molecule has 294 valence electrons. The van der Waals surface area contributed by atoms with Crippen molar-refractivity contribution < 1.29 is 37.8 Å². The fraction of sp³-hybridized carbons (Fsp3) is 0.575. The standard InChI is InChI=1S/C40H63N3O8Si2/c1-25(2)53(26(3)4,27(5)6)51-35-22-33(42-38(47)50-39(7,8)9)32(21-34(35)48-13)36(44)43-23-29(28-16-18-30(19-17-28)41-37(45)46)20-31(43)24-49-52(14,15)40(10,11)12/h16-19,21-23,25-27,31,41H,20,24H2,1-15H3,(H,42,47)(H,45,46). The molecule has 0 saturated heterocycles. The van der Waals surface area contributed by atoms with E-state index in [0.29, 0.717) is 30.2 Å². The third-order valence-corrected chi connectivity index (χ3v) is 21.0. The Morgan fingerprint density at radius 1 is 0.887 bits per heavy atom. The number of hydrogen-bond acceptors (Lipinski definition) is 7. The van der Waals surface area contributed by atoms with Crippen LogP contribution in [0.15, 0.2) is 42.6 Å². The van der Waals surface area contributed by atoms with Crippen molar-refractivity contribution in [2.45, 2.75) is 136 Å². The van der Waals surface area contributed by atoms with Crippen molar-refractivity contribution in [2.75, 3.05) is 24.4 Å². The van der Waals surface area contributed by atoms with Crippen LogP contribution in [-0.2, 0) is 9.16 Å². The van der Waals surface area contributed by atoms with Gasteiger partial charge in [-0.25, -0.2) is 9.59 Å². The molecular formula is C40H63N3O8Si2. The molecule has 1 unspecified atom stereocenters. The predicted octanol–water partition coefficient (Wildman–Crippen LogP) is 11.0. The summed E-state index contributed by atoms with van der Waals surface area (Å²) in [6, 6.07) is 10.0. The van der Waals surface area contributed by atoms with Crippen molar-refractivity contribution in [3.63, 3.8) is 0 Å². The maximum Gasteiger partial charge on any atom is 0.412 e. The van der Waals surface area contributed by atoms with Crippen molar-refractivity contribution in [3.8, 4) is 11.5 Å². The maximum atomic E-state index is 14.9. The lowest BCUT2D eigenvalue weighted by Gasteiger charge is -2.42. The summed E-state index contributed by atoms with van der Waals surface area (Å²) in [5.41, 5.74) is 2.65. The Morgan fingerprint density at radius 2 is 1.45 bits per heavy atom. The summed E-state index contributed by atoms with van der Waals surface area (Å²) >= 11 is 0. The van der Waals surface area contributed by atoms with E-state index in [4.69, 9.17) is 23.4 Å². The number of nitrogens with one attached hydrogen (secondary N) is 2. The lowest BCUT2D eigenvalue weighted by molar-refractivity contribution is 0.0635. The second-order valence-corrected chi connectivity index (χ2v) is 27.6. The van der Waals surface area contributed by atoms with Crippen molar-refractivity contribution in [1.29, 1.82) is 0 Å². The van der Waals surface area contributed by atoms with Crippen LogP contribution in [0.4, 0.5) is 21.0 Å². The molecule has 3 N–H and O–H groups in total. The summed E-state index contributed by atoms with van der Waals surface area (Å²) in [7, 11) is -3.13. The molecule has 3 rings (SSSR count). The highest BCUT2D eigenvalue weighted by Gasteiger charge is 2.48. The predicted molar refractivity (Wildman–Crippen MR) is 218 cm³/mol. The number of anilines is 2. The molecule has 2 aromatic carbocycles. The molecule has 0 spiro atoms. The molecule has 11 nitrogen and oxygen atoms in total. The number of ether oxygens (including phenoxy) is 2. The summed E-state index contributed by atoms with van der Waals surface area (Å²) in [6.07, 6.45) is 0.480. The zero-order valence-corrected chi connectivity index (χ0v) is 36.5. The topological polar surface area (TPSA) is 136 Å². The lowest BCUT2D eigenvalue weighted by Crippen LogP contribution is -2.50. The van der Waals surface area contributed by atoms with Crippen LogP contribution in [0, 0.1) is 0 Å². The third-order valence-electron chi connectivity index (χ3n) is 10.5. The SMILES string of the molecule is COc1cc(C(=O)N2C=C(c3ccc(NC(=O)O)cc3)CC2CO[Si](C)(C)C(C)(C)C)c(NC(=O)OC(C)(C)C)cc1O[Si](C(C)C)(C(C)C)C(C)C. The van der Waals surface area contributed by atoms with Crippen LogP contribution in [0.3, 0.4) is 0 Å². The summed E-state index contributed by atoms with van der Waals surface area (Å²) in [6.45, 7) is 29.7. The Hall–Kier alpha value is -3.82. The smallest absolute Gasteiger partial charge is 0.412 e. The Morgan fingerprint density at radius 3 is 1.92 bits per heavy atom. The van der Waals surface area contributed by atoms with Gasteiger partial charge in [-0.3, -0.25) is 15.4 Å². The van der Waals surface area contributed by atoms with Gasteiger partial charge in [-0.05, 0) is 91.3 Å². The molecule has 13 heteroatoms. The number of benzene rings is 2. The first-order valence-corrected chi connectivity index (χ1v) is 23.6. The van der Waals surface area contributed by atoms with Crippen LogP contribution >= 0.6 is 0 Å². The van der Waals surface area contributed by atoms with E-state index in [1.165, 1.54) is 0 Å². The Labute approximate surface area is 319 Å². The van der Waals surface area contributed by atoms with Gasteiger partial charge in [0.15, 0.2) is 14.1 Å². The first-order chi connectivity index (χ1) is 24.3. The summed E-state index contributed by atoms with van der Waals surface area (Å²) < 4.78 is 25.3. The number of nitrogens with zero attached hydrogens (tertiary/aromatic N) is 1. The third kappa shape index (κ3) is 10.4. The summed E-state index contributed by atoms with van der Waals surface area (Å²) in [5.74, 6) is 0.494. The van der Waals surface area contributed by atoms with E-state index >= 15 is 0 Å². The average Bonchev–Trinajstić information content (AvgIpc) is 3.44. The van der Waals surface area contributed by atoms with E-state index in [2.05, 4.69) is 86.0 Å². The number of methoxy groups -OCH3 is 1. The van der Waals surface area contributed by atoms with Gasteiger partial charge >= 0.3 is 12.2 Å².